The van der Waals surface area contributed by atoms with Crippen LogP contribution in [0.3, 0.4) is 0 Å². The molecule has 2 N–H and O–H groups in total. The van der Waals surface area contributed by atoms with Crippen molar-refractivity contribution in [2.45, 2.75) is 66.7 Å². The van der Waals surface area contributed by atoms with E-state index in [0.29, 0.717) is 37.2 Å². The van der Waals surface area contributed by atoms with E-state index in [-0.39, 0.29) is 12.5 Å². The van der Waals surface area contributed by atoms with Gasteiger partial charge in [-0.1, -0.05) is 12.1 Å². The fourth-order valence-electron chi connectivity index (χ4n) is 9.34. The third kappa shape index (κ3) is 1.66. The normalized spacial score (nSPS) is 46.8. The molecule has 3 saturated carbocycles. The highest BCUT2D eigenvalue weighted by Gasteiger charge is 2.93. The summed E-state index contributed by atoms with van der Waals surface area (Å²) in [6, 6.07) is 5.35. The summed E-state index contributed by atoms with van der Waals surface area (Å²) < 4.78 is 22.6. The van der Waals surface area contributed by atoms with Crippen LogP contribution in [0.1, 0.15) is 31.2 Å². The topological polar surface area (TPSA) is 118 Å². The molecule has 10 nitrogen and oxygen atoms in total. The van der Waals surface area contributed by atoms with Crippen LogP contribution in [0.2, 0.25) is 0 Å². The van der Waals surface area contributed by atoms with Gasteiger partial charge in [0.25, 0.3) is 0 Å². The van der Waals surface area contributed by atoms with Gasteiger partial charge in [0.2, 0.25) is 5.60 Å². The van der Waals surface area contributed by atoms with Crippen LogP contribution in [0.5, 0.6) is 5.75 Å². The second kappa shape index (κ2) is 6.04. The van der Waals surface area contributed by atoms with E-state index in [9.17, 15) is 19.8 Å². The van der Waals surface area contributed by atoms with Crippen LogP contribution >= 0.6 is 0 Å². The monoisotopic (exact) mass is 472 g/mol. The van der Waals surface area contributed by atoms with Gasteiger partial charge in [0.15, 0.2) is 0 Å². The van der Waals surface area contributed by atoms with Gasteiger partial charge in [-0.3, -0.25) is 9.80 Å². The zero-order valence-corrected chi connectivity index (χ0v) is 19.3. The molecule has 8 atom stereocenters. The van der Waals surface area contributed by atoms with Crippen LogP contribution < -0.4 is 9.64 Å². The van der Waals surface area contributed by atoms with Crippen LogP contribution in [0.4, 0.5) is 10.5 Å². The zero-order valence-electron chi connectivity index (χ0n) is 19.3. The van der Waals surface area contributed by atoms with Gasteiger partial charge < -0.3 is 29.2 Å². The van der Waals surface area contributed by atoms with Crippen molar-refractivity contribution < 1.29 is 38.7 Å². The van der Waals surface area contributed by atoms with E-state index in [1.54, 1.807) is 6.07 Å². The Kier molecular flexibility index (Phi) is 3.72. The first-order valence-corrected chi connectivity index (χ1v) is 11.8. The molecule has 0 unspecified atom stereocenters. The summed E-state index contributed by atoms with van der Waals surface area (Å²) in [4.78, 5) is 31.0. The van der Waals surface area contributed by atoms with Gasteiger partial charge in [0, 0.05) is 29.8 Å². The Bertz CT molecular complexity index is 1140. The first kappa shape index (κ1) is 20.9. The maximum absolute atomic E-state index is 13.7. The van der Waals surface area contributed by atoms with Crippen molar-refractivity contribution in [3.63, 3.8) is 0 Å². The minimum absolute atomic E-state index is 0.230. The summed E-state index contributed by atoms with van der Waals surface area (Å²) in [6.45, 7) is 0.654. The smallest absolute Gasteiger partial charge is 0.414 e. The van der Waals surface area contributed by atoms with Crippen molar-refractivity contribution in [1.82, 2.24) is 4.90 Å². The maximum atomic E-state index is 13.7. The van der Waals surface area contributed by atoms with Crippen molar-refractivity contribution in [1.29, 1.82) is 0 Å². The largest absolute Gasteiger partial charge is 0.495 e. The number of para-hydroxylation sites is 1. The Hall–Kier alpha value is -2.40. The lowest BCUT2D eigenvalue weighted by Gasteiger charge is -2.78. The van der Waals surface area contributed by atoms with Crippen LogP contribution in [0.25, 0.3) is 0 Å². The van der Waals surface area contributed by atoms with E-state index in [1.165, 1.54) is 26.2 Å². The molecular formula is C24H28N2O8. The third-order valence-corrected chi connectivity index (χ3v) is 10.1. The SMILES string of the molecule is COC(=O)N1c2c(OC)cccc2[C@@]23CCN4[C@@H]5C[C@@H](O)[C@]6(CC[C@]12[C@](O)(C(=O)OC)[C@@H]6O5)[C@H]43. The molecule has 1 aromatic rings. The number of carbonyl (C=O) groups excluding carboxylic acids is 2. The molecule has 4 saturated heterocycles. The van der Waals surface area contributed by atoms with Crippen LogP contribution in [-0.4, -0.2) is 90.7 Å². The molecule has 1 aromatic carbocycles. The standard InChI is InChI=1S/C24H28N2O8/c1-31-13-6-4-5-12-16(13)26(20(29)33-3)23-8-7-21-14(27)11-15(25-10-9-22(12,23)17(21)25)34-18(21)24(23,30)19(28)32-2/h4-6,14-15,17-18,27,30H,7-11H2,1-3H3/t14-,15+,17+,18-,21-,22-,23+,24-/m1/s1. The highest BCUT2D eigenvalue weighted by molar-refractivity contribution is 6.01. The van der Waals surface area contributed by atoms with Crippen molar-refractivity contribution in [3.8, 4) is 5.75 Å². The highest BCUT2D eigenvalue weighted by atomic mass is 16.6. The second-order valence-corrected chi connectivity index (χ2v) is 10.5. The number of aliphatic hydroxyl groups excluding tert-OH is 1. The zero-order chi connectivity index (χ0) is 23.8. The highest BCUT2D eigenvalue weighted by Crippen LogP contribution is 2.80. The number of carbonyl (C=O) groups is 2. The van der Waals surface area contributed by atoms with Crippen molar-refractivity contribution >= 4 is 17.7 Å². The molecule has 1 amide bonds. The number of aliphatic hydroxyl groups is 2. The molecule has 3 aliphatic carbocycles. The van der Waals surface area contributed by atoms with Gasteiger partial charge >= 0.3 is 12.1 Å². The van der Waals surface area contributed by atoms with Gasteiger partial charge in [0.1, 0.15) is 23.6 Å². The number of esters is 1. The quantitative estimate of drug-likeness (QED) is 0.594. The van der Waals surface area contributed by atoms with E-state index in [4.69, 9.17) is 18.9 Å². The first-order valence-electron chi connectivity index (χ1n) is 11.8. The number of fused-ring (bicyclic) bond motifs is 3. The van der Waals surface area contributed by atoms with E-state index in [0.717, 1.165) is 5.56 Å². The van der Waals surface area contributed by atoms with Crippen LogP contribution in [0, 0.1) is 5.41 Å². The van der Waals surface area contributed by atoms with Gasteiger partial charge in [-0.25, -0.2) is 9.59 Å². The molecule has 3 spiro atoms. The van der Waals surface area contributed by atoms with E-state index >= 15 is 0 Å². The summed E-state index contributed by atoms with van der Waals surface area (Å²) >= 11 is 0. The molecule has 0 radical (unpaired) electrons. The Labute approximate surface area is 196 Å². The predicted octanol–water partition coefficient (Wildman–Crippen LogP) is 0.520. The molecule has 34 heavy (non-hydrogen) atoms. The number of rotatable bonds is 2. The molecule has 5 bridgehead atoms. The average molecular weight is 472 g/mol. The molecule has 5 heterocycles. The van der Waals surface area contributed by atoms with E-state index < -0.39 is 52.5 Å². The van der Waals surface area contributed by atoms with Crippen molar-refractivity contribution in [3.05, 3.63) is 23.8 Å². The molecule has 0 aromatic heterocycles. The Morgan fingerprint density at radius 2 is 1.94 bits per heavy atom. The lowest BCUT2D eigenvalue weighted by Crippen LogP contribution is -2.95. The fraction of sp³-hybridized carbons (Fsp3) is 0.667. The molecule has 10 heteroatoms. The molecule has 182 valence electrons. The Balaban J connectivity index is 1.65. The molecular weight excluding hydrogens is 444 g/mol. The van der Waals surface area contributed by atoms with Gasteiger partial charge in [-0.15, -0.1) is 0 Å². The summed E-state index contributed by atoms with van der Waals surface area (Å²) in [7, 11) is 4.04. The maximum Gasteiger partial charge on any atom is 0.414 e. The summed E-state index contributed by atoms with van der Waals surface area (Å²) in [5, 5.41) is 24.2. The number of piperidine rings is 1. The minimum Gasteiger partial charge on any atom is -0.495 e. The number of hydrogen-bond acceptors (Lipinski definition) is 9. The van der Waals surface area contributed by atoms with Crippen LogP contribution in [-0.2, 0) is 24.4 Å². The van der Waals surface area contributed by atoms with Crippen molar-refractivity contribution in [2.24, 2.45) is 5.41 Å². The van der Waals surface area contributed by atoms with E-state index in [2.05, 4.69) is 4.90 Å². The molecule has 5 aliphatic heterocycles. The molecule has 9 rings (SSSR count). The average Bonchev–Trinajstić information content (AvgIpc) is 3.41. The summed E-state index contributed by atoms with van der Waals surface area (Å²) in [6.07, 6.45) is -1.16. The lowest BCUT2D eigenvalue weighted by atomic mass is 9.35. The minimum atomic E-state index is -2.23. The second-order valence-electron chi connectivity index (χ2n) is 10.5. The summed E-state index contributed by atoms with van der Waals surface area (Å²) in [5.74, 6) is -0.415. The van der Waals surface area contributed by atoms with Gasteiger partial charge in [-0.05, 0) is 30.9 Å². The van der Waals surface area contributed by atoms with Crippen molar-refractivity contribution in [2.75, 3.05) is 32.8 Å². The molecule has 8 aliphatic rings. The van der Waals surface area contributed by atoms with Crippen LogP contribution in [0.15, 0.2) is 18.2 Å². The fourth-order valence-corrected chi connectivity index (χ4v) is 9.34. The Morgan fingerprint density at radius 3 is 2.65 bits per heavy atom. The first-order chi connectivity index (χ1) is 16.3. The number of hydrogen-bond donors (Lipinski definition) is 2. The number of ether oxygens (including phenoxy) is 4. The molecule has 7 fully saturated rings. The van der Waals surface area contributed by atoms with Gasteiger partial charge in [-0.2, -0.15) is 0 Å². The predicted molar refractivity (Wildman–Crippen MR) is 115 cm³/mol. The Morgan fingerprint density at radius 1 is 1.15 bits per heavy atom. The lowest BCUT2D eigenvalue weighted by molar-refractivity contribution is -0.389. The number of anilines is 1. The number of nitrogens with zero attached hydrogens (tertiary/aromatic N) is 2. The third-order valence-electron chi connectivity index (χ3n) is 10.1. The summed E-state index contributed by atoms with van der Waals surface area (Å²) in [5.41, 5.74) is -4.09. The number of amides is 1. The number of benzene rings is 1. The number of methoxy groups -OCH3 is 3. The van der Waals surface area contributed by atoms with E-state index in [1.807, 2.05) is 12.1 Å². The van der Waals surface area contributed by atoms with Gasteiger partial charge in [0.05, 0.1) is 33.1 Å².